The first-order valence-corrected chi connectivity index (χ1v) is 16.7. The van der Waals surface area contributed by atoms with Crippen LogP contribution in [0, 0.1) is 5.92 Å². The van der Waals surface area contributed by atoms with Gasteiger partial charge in [0, 0.05) is 13.2 Å². The van der Waals surface area contributed by atoms with E-state index in [4.69, 9.17) is 13.9 Å². The zero-order valence-corrected chi connectivity index (χ0v) is 26.4. The summed E-state index contributed by atoms with van der Waals surface area (Å²) in [5, 5.41) is 13.8. The molecule has 4 aromatic carbocycles. The Bertz CT molecular complexity index is 1420. The number of hydrogen-bond acceptors (Lipinski definition) is 5. The van der Waals surface area contributed by atoms with E-state index >= 15 is 0 Å². The predicted molar refractivity (Wildman–Crippen MR) is 172 cm³/mol. The molecule has 0 aliphatic carbocycles. The third kappa shape index (κ3) is 6.45. The van der Waals surface area contributed by atoms with E-state index in [1.807, 2.05) is 91.0 Å². The molecular weight excluding hydrogens is 554 g/mol. The molecule has 43 heavy (non-hydrogen) atoms. The molecule has 7 heteroatoms. The highest BCUT2D eigenvalue weighted by atomic mass is 28.4. The van der Waals surface area contributed by atoms with Gasteiger partial charge in [0.05, 0.1) is 19.6 Å². The highest BCUT2D eigenvalue weighted by Crippen LogP contribution is 2.38. The van der Waals surface area contributed by atoms with Gasteiger partial charge in [-0.3, -0.25) is 4.79 Å². The van der Waals surface area contributed by atoms with E-state index in [1.54, 1.807) is 7.11 Å². The molecule has 6 nitrogen and oxygen atoms in total. The molecule has 0 aromatic heterocycles. The van der Waals surface area contributed by atoms with Crippen LogP contribution in [0.4, 0.5) is 0 Å². The number of amides is 1. The second kappa shape index (κ2) is 13.3. The molecule has 1 saturated heterocycles. The first kappa shape index (κ1) is 30.7. The zero-order chi connectivity index (χ0) is 30.5. The second-order valence-corrected chi connectivity index (χ2v) is 16.4. The topological polar surface area (TPSA) is 68.2 Å². The molecule has 0 radical (unpaired) electrons. The molecule has 1 aliphatic rings. The fourth-order valence-electron chi connectivity index (χ4n) is 6.07. The zero-order valence-electron chi connectivity index (χ0n) is 25.4. The standard InChI is InChI=1S/C36H41NO5Si/c1-36(2,3)43(30-16-10-6-11-17-30,31-18-12-7-13-19-31)42-26-32-33(41-25-28-14-8-5-9-15-28)35(39)37(34(32)38)24-27-20-22-29(40-4)23-21-27/h5-23,32-34,38H,24-26H2,1-4H3/t32-,33-,34?/m1/s1. The van der Waals surface area contributed by atoms with Crippen LogP contribution in [0.25, 0.3) is 0 Å². The smallest absolute Gasteiger partial charge is 0.261 e. The largest absolute Gasteiger partial charge is 0.497 e. The summed E-state index contributed by atoms with van der Waals surface area (Å²) in [5.41, 5.74) is 1.86. The van der Waals surface area contributed by atoms with E-state index in [9.17, 15) is 9.90 Å². The number of carbonyl (C=O) groups excluding carboxylic acids is 1. The van der Waals surface area contributed by atoms with Crippen molar-refractivity contribution in [3.8, 4) is 5.75 Å². The number of nitrogens with zero attached hydrogens (tertiary/aromatic N) is 1. The Hall–Kier alpha value is -3.75. The summed E-state index contributed by atoms with van der Waals surface area (Å²) in [4.78, 5) is 15.4. The van der Waals surface area contributed by atoms with Crippen LogP contribution in [0.3, 0.4) is 0 Å². The van der Waals surface area contributed by atoms with Crippen LogP contribution in [0.2, 0.25) is 5.04 Å². The lowest BCUT2D eigenvalue weighted by Crippen LogP contribution is -2.67. The van der Waals surface area contributed by atoms with E-state index in [1.165, 1.54) is 4.90 Å². The van der Waals surface area contributed by atoms with Crippen molar-refractivity contribution in [1.29, 1.82) is 0 Å². The molecule has 224 valence electrons. The van der Waals surface area contributed by atoms with Crippen molar-refractivity contribution in [2.45, 2.75) is 51.3 Å². The normalized spacial score (nSPS) is 19.0. The van der Waals surface area contributed by atoms with Crippen molar-refractivity contribution in [2.24, 2.45) is 5.92 Å². The summed E-state index contributed by atoms with van der Waals surface area (Å²) in [5.74, 6) is -0.0934. The fraction of sp³-hybridized carbons (Fsp3) is 0.306. The number of aliphatic hydroxyl groups excluding tert-OH is 1. The van der Waals surface area contributed by atoms with Crippen molar-refractivity contribution < 1.29 is 23.8 Å². The monoisotopic (exact) mass is 595 g/mol. The Labute approximate surface area is 256 Å². The van der Waals surface area contributed by atoms with E-state index in [2.05, 4.69) is 45.0 Å². The van der Waals surface area contributed by atoms with Gasteiger partial charge >= 0.3 is 0 Å². The van der Waals surface area contributed by atoms with Gasteiger partial charge in [-0.15, -0.1) is 0 Å². The molecule has 0 spiro atoms. The molecule has 1 aliphatic heterocycles. The maximum atomic E-state index is 13.9. The van der Waals surface area contributed by atoms with Gasteiger partial charge in [-0.05, 0) is 38.7 Å². The quantitative estimate of drug-likeness (QED) is 0.244. The minimum atomic E-state index is -2.90. The molecule has 0 bridgehead atoms. The van der Waals surface area contributed by atoms with Crippen molar-refractivity contribution in [3.05, 3.63) is 126 Å². The van der Waals surface area contributed by atoms with Gasteiger partial charge in [0.2, 0.25) is 0 Å². The molecular formula is C36H41NO5Si. The van der Waals surface area contributed by atoms with Crippen LogP contribution in [-0.4, -0.2) is 50.3 Å². The maximum Gasteiger partial charge on any atom is 0.261 e. The predicted octanol–water partition coefficient (Wildman–Crippen LogP) is 5.13. The van der Waals surface area contributed by atoms with Crippen LogP contribution < -0.4 is 15.1 Å². The summed E-state index contributed by atoms with van der Waals surface area (Å²) in [6.07, 6.45) is -1.93. The molecule has 5 rings (SSSR count). The van der Waals surface area contributed by atoms with Crippen LogP contribution in [0.1, 0.15) is 31.9 Å². The Morgan fingerprint density at radius 1 is 0.767 bits per heavy atom. The van der Waals surface area contributed by atoms with Crippen molar-refractivity contribution in [2.75, 3.05) is 13.7 Å². The number of benzene rings is 4. The third-order valence-corrected chi connectivity index (χ3v) is 13.3. The molecule has 1 fully saturated rings. The lowest BCUT2D eigenvalue weighted by molar-refractivity contribution is -0.141. The maximum absolute atomic E-state index is 13.9. The van der Waals surface area contributed by atoms with Gasteiger partial charge in [-0.1, -0.05) is 124 Å². The Morgan fingerprint density at radius 2 is 1.30 bits per heavy atom. The van der Waals surface area contributed by atoms with E-state index < -0.39 is 26.6 Å². The first-order valence-electron chi connectivity index (χ1n) is 14.8. The van der Waals surface area contributed by atoms with Crippen LogP contribution in [0.5, 0.6) is 5.75 Å². The molecule has 1 unspecified atom stereocenters. The number of likely N-dealkylation sites (tertiary alicyclic amines) is 1. The minimum Gasteiger partial charge on any atom is -0.497 e. The molecule has 1 N–H and O–H groups in total. The average molecular weight is 596 g/mol. The van der Waals surface area contributed by atoms with Gasteiger partial charge < -0.3 is 23.9 Å². The van der Waals surface area contributed by atoms with Gasteiger partial charge in [0.25, 0.3) is 14.2 Å². The van der Waals surface area contributed by atoms with Gasteiger partial charge in [0.15, 0.2) is 0 Å². The summed E-state index contributed by atoms with van der Waals surface area (Å²) in [6.45, 7) is 7.33. The molecule has 0 saturated carbocycles. The highest BCUT2D eigenvalue weighted by molar-refractivity contribution is 6.99. The van der Waals surface area contributed by atoms with Gasteiger partial charge in [-0.2, -0.15) is 0 Å². The number of hydrogen-bond donors (Lipinski definition) is 1. The summed E-state index contributed by atoms with van der Waals surface area (Å²) >= 11 is 0. The average Bonchev–Trinajstić information content (AvgIpc) is 3.25. The van der Waals surface area contributed by atoms with Crippen molar-refractivity contribution in [1.82, 2.24) is 4.90 Å². The number of methoxy groups -OCH3 is 1. The van der Waals surface area contributed by atoms with Crippen molar-refractivity contribution >= 4 is 24.6 Å². The van der Waals surface area contributed by atoms with E-state index in [0.717, 1.165) is 27.2 Å². The number of carbonyl (C=O) groups is 1. The lowest BCUT2D eigenvalue weighted by atomic mass is 10.1. The number of rotatable bonds is 11. The van der Waals surface area contributed by atoms with E-state index in [0.29, 0.717) is 0 Å². The molecule has 1 heterocycles. The Kier molecular flexibility index (Phi) is 9.47. The SMILES string of the molecule is COc1ccc(CN2C(=O)[C@H](OCc3ccccc3)[C@@H](CO[Si](c3ccccc3)(c3ccccc3)C(C)(C)C)C2O)cc1. The summed E-state index contributed by atoms with van der Waals surface area (Å²) in [6, 6.07) is 38.1. The highest BCUT2D eigenvalue weighted by Gasteiger charge is 2.53. The Morgan fingerprint density at radius 3 is 1.81 bits per heavy atom. The van der Waals surface area contributed by atoms with E-state index in [-0.39, 0.29) is 30.7 Å². The molecule has 3 atom stereocenters. The van der Waals surface area contributed by atoms with Crippen LogP contribution in [-0.2, 0) is 27.1 Å². The second-order valence-electron chi connectivity index (χ2n) is 12.1. The molecule has 1 amide bonds. The fourth-order valence-corrected chi connectivity index (χ4v) is 10.7. The van der Waals surface area contributed by atoms with Gasteiger partial charge in [0.1, 0.15) is 18.1 Å². The molecule has 4 aromatic rings. The summed E-state index contributed by atoms with van der Waals surface area (Å²) < 4.78 is 18.8. The van der Waals surface area contributed by atoms with Gasteiger partial charge in [-0.25, -0.2) is 0 Å². The lowest BCUT2D eigenvalue weighted by Gasteiger charge is -2.44. The Balaban J connectivity index is 1.48. The van der Waals surface area contributed by atoms with Crippen LogP contribution in [0.15, 0.2) is 115 Å². The number of ether oxygens (including phenoxy) is 2. The van der Waals surface area contributed by atoms with Crippen molar-refractivity contribution in [3.63, 3.8) is 0 Å². The minimum absolute atomic E-state index is 0.165. The first-order chi connectivity index (χ1) is 20.7. The van der Waals surface area contributed by atoms with Crippen LogP contribution >= 0.6 is 0 Å². The number of aliphatic hydroxyl groups is 1. The third-order valence-electron chi connectivity index (χ3n) is 8.31. The summed E-state index contributed by atoms with van der Waals surface area (Å²) in [7, 11) is -1.28.